The second-order valence-corrected chi connectivity index (χ2v) is 5.08. The molecule has 0 aliphatic heterocycles. The van der Waals surface area contributed by atoms with Gasteiger partial charge in [0.1, 0.15) is 5.82 Å². The van der Waals surface area contributed by atoms with Crippen LogP contribution in [0.2, 0.25) is 5.02 Å². The Morgan fingerprint density at radius 2 is 1.74 bits per heavy atom. The molecule has 0 aromatic heterocycles. The Hall–Kier alpha value is -1.38. The molecule has 0 radical (unpaired) electrons. The van der Waals surface area contributed by atoms with E-state index >= 15 is 0 Å². The van der Waals surface area contributed by atoms with Crippen molar-refractivity contribution in [3.8, 4) is 0 Å². The minimum absolute atomic E-state index is 0.342. The molecule has 0 bridgehead atoms. The average Bonchev–Trinajstić information content (AvgIpc) is 2.39. The molecule has 2 rings (SSSR count). The fourth-order valence-electron chi connectivity index (χ4n) is 2.08. The van der Waals surface area contributed by atoms with Crippen LogP contribution in [0.1, 0.15) is 29.7 Å². The fraction of sp³-hybridized carbons (Fsp3) is 0.250. The first-order valence-electron chi connectivity index (χ1n) is 6.38. The molecule has 2 aromatic rings. The Morgan fingerprint density at radius 1 is 1.11 bits per heavy atom. The minimum Gasteiger partial charge on any atom is -0.324 e. The van der Waals surface area contributed by atoms with Crippen LogP contribution >= 0.6 is 11.6 Å². The quantitative estimate of drug-likeness (QED) is 0.887. The van der Waals surface area contributed by atoms with Crippen LogP contribution in [0, 0.1) is 5.82 Å². The monoisotopic (exact) mass is 277 g/mol. The van der Waals surface area contributed by atoms with E-state index in [-0.39, 0.29) is 11.9 Å². The zero-order valence-corrected chi connectivity index (χ0v) is 11.6. The highest BCUT2D eigenvalue weighted by atomic mass is 35.5. The fourth-order valence-corrected chi connectivity index (χ4v) is 2.24. The molecule has 3 heteroatoms. The summed E-state index contributed by atoms with van der Waals surface area (Å²) in [6.45, 7) is 2.11. The molecule has 2 aromatic carbocycles. The van der Waals surface area contributed by atoms with E-state index in [1.807, 2.05) is 12.1 Å². The van der Waals surface area contributed by atoms with Gasteiger partial charge in [0.25, 0.3) is 0 Å². The van der Waals surface area contributed by atoms with Crippen LogP contribution in [0.4, 0.5) is 4.39 Å². The van der Waals surface area contributed by atoms with E-state index in [1.54, 1.807) is 12.1 Å². The number of halogens is 2. The van der Waals surface area contributed by atoms with Gasteiger partial charge in [-0.25, -0.2) is 4.39 Å². The lowest BCUT2D eigenvalue weighted by Gasteiger charge is -2.13. The highest BCUT2D eigenvalue weighted by Gasteiger charge is 2.12. The summed E-state index contributed by atoms with van der Waals surface area (Å²) >= 11 is 5.73. The predicted molar refractivity (Wildman–Crippen MR) is 77.9 cm³/mol. The van der Waals surface area contributed by atoms with Crippen molar-refractivity contribution in [1.82, 2.24) is 0 Å². The molecule has 1 atom stereocenters. The third kappa shape index (κ3) is 3.55. The number of hydrogen-bond acceptors (Lipinski definition) is 1. The van der Waals surface area contributed by atoms with Gasteiger partial charge >= 0.3 is 0 Å². The first-order chi connectivity index (χ1) is 9.10. The molecule has 19 heavy (non-hydrogen) atoms. The van der Waals surface area contributed by atoms with Gasteiger partial charge < -0.3 is 5.73 Å². The largest absolute Gasteiger partial charge is 0.324 e. The number of rotatable bonds is 4. The third-order valence-corrected chi connectivity index (χ3v) is 3.48. The van der Waals surface area contributed by atoms with Gasteiger partial charge in [-0.15, -0.1) is 0 Å². The molecule has 0 aliphatic rings. The van der Waals surface area contributed by atoms with Gasteiger partial charge in [0.2, 0.25) is 0 Å². The maximum atomic E-state index is 13.8. The average molecular weight is 278 g/mol. The van der Waals surface area contributed by atoms with E-state index in [0.29, 0.717) is 17.0 Å². The third-order valence-electron chi connectivity index (χ3n) is 3.25. The molecule has 0 fully saturated rings. The van der Waals surface area contributed by atoms with Crippen molar-refractivity contribution in [2.24, 2.45) is 5.73 Å². The van der Waals surface area contributed by atoms with Crippen LogP contribution in [0.15, 0.2) is 42.5 Å². The first-order valence-corrected chi connectivity index (χ1v) is 6.76. The van der Waals surface area contributed by atoms with E-state index in [2.05, 4.69) is 19.1 Å². The molecular formula is C16H17ClFN. The van der Waals surface area contributed by atoms with Gasteiger partial charge in [0.15, 0.2) is 0 Å². The standard InChI is InChI=1S/C16H17ClFN/c1-2-11-3-5-12(6-4-11)9-16(19)14-8-7-13(17)10-15(14)18/h3-8,10,16H,2,9,19H2,1H3. The van der Waals surface area contributed by atoms with Crippen LogP contribution in [0.3, 0.4) is 0 Å². The van der Waals surface area contributed by atoms with Gasteiger partial charge in [-0.3, -0.25) is 0 Å². The summed E-state index contributed by atoms with van der Waals surface area (Å²) in [6, 6.07) is 12.5. The zero-order valence-electron chi connectivity index (χ0n) is 10.9. The number of benzene rings is 2. The van der Waals surface area contributed by atoms with Crippen molar-refractivity contribution >= 4 is 11.6 Å². The summed E-state index contributed by atoms with van der Waals surface area (Å²) in [4.78, 5) is 0. The van der Waals surface area contributed by atoms with Crippen molar-refractivity contribution in [3.63, 3.8) is 0 Å². The van der Waals surface area contributed by atoms with Gasteiger partial charge in [-0.1, -0.05) is 48.9 Å². The molecule has 0 aliphatic carbocycles. The molecule has 0 spiro atoms. The SMILES string of the molecule is CCc1ccc(CC(N)c2ccc(Cl)cc2F)cc1. The summed E-state index contributed by atoms with van der Waals surface area (Å²) in [5, 5.41) is 0.390. The van der Waals surface area contributed by atoms with E-state index in [4.69, 9.17) is 17.3 Å². The van der Waals surface area contributed by atoms with Crippen molar-refractivity contribution in [2.75, 3.05) is 0 Å². The van der Waals surface area contributed by atoms with E-state index in [9.17, 15) is 4.39 Å². The van der Waals surface area contributed by atoms with Gasteiger partial charge in [0.05, 0.1) is 0 Å². The minimum atomic E-state index is -0.357. The lowest BCUT2D eigenvalue weighted by molar-refractivity contribution is 0.580. The van der Waals surface area contributed by atoms with Gasteiger partial charge in [-0.2, -0.15) is 0 Å². The molecular weight excluding hydrogens is 261 g/mol. The Morgan fingerprint density at radius 3 is 2.32 bits per heavy atom. The molecule has 0 saturated heterocycles. The summed E-state index contributed by atoms with van der Waals surface area (Å²) in [5.41, 5.74) is 8.97. The van der Waals surface area contributed by atoms with Crippen molar-refractivity contribution in [2.45, 2.75) is 25.8 Å². The number of nitrogens with two attached hydrogens (primary N) is 1. The lowest BCUT2D eigenvalue weighted by atomic mass is 9.98. The lowest BCUT2D eigenvalue weighted by Crippen LogP contribution is -2.15. The normalized spacial score (nSPS) is 12.4. The van der Waals surface area contributed by atoms with E-state index < -0.39 is 0 Å². The molecule has 2 N–H and O–H groups in total. The highest BCUT2D eigenvalue weighted by Crippen LogP contribution is 2.22. The second-order valence-electron chi connectivity index (χ2n) is 4.65. The van der Waals surface area contributed by atoms with E-state index in [0.717, 1.165) is 12.0 Å². The first kappa shape index (κ1) is 14.0. The molecule has 1 unspecified atom stereocenters. The molecule has 1 nitrogen and oxygen atoms in total. The Labute approximate surface area is 118 Å². The molecule has 0 heterocycles. The van der Waals surface area contributed by atoms with Crippen LogP contribution in [-0.4, -0.2) is 0 Å². The van der Waals surface area contributed by atoms with E-state index in [1.165, 1.54) is 11.6 Å². The highest BCUT2D eigenvalue weighted by molar-refractivity contribution is 6.30. The maximum Gasteiger partial charge on any atom is 0.129 e. The summed E-state index contributed by atoms with van der Waals surface area (Å²) in [7, 11) is 0. The maximum absolute atomic E-state index is 13.8. The summed E-state index contributed by atoms with van der Waals surface area (Å²) in [5.74, 6) is -0.342. The van der Waals surface area contributed by atoms with Crippen LogP contribution in [0.5, 0.6) is 0 Å². The molecule has 0 amide bonds. The Balaban J connectivity index is 2.13. The summed E-state index contributed by atoms with van der Waals surface area (Å²) < 4.78 is 13.8. The zero-order chi connectivity index (χ0) is 13.8. The molecule has 0 saturated carbocycles. The molecule has 100 valence electrons. The Kier molecular flexibility index (Phi) is 4.56. The summed E-state index contributed by atoms with van der Waals surface area (Å²) in [6.07, 6.45) is 1.63. The van der Waals surface area contributed by atoms with Crippen molar-refractivity contribution < 1.29 is 4.39 Å². The van der Waals surface area contributed by atoms with Crippen LogP contribution in [-0.2, 0) is 12.8 Å². The topological polar surface area (TPSA) is 26.0 Å². The Bertz CT molecular complexity index is 551. The smallest absolute Gasteiger partial charge is 0.129 e. The van der Waals surface area contributed by atoms with Gasteiger partial charge in [-0.05, 0) is 36.1 Å². The van der Waals surface area contributed by atoms with Crippen molar-refractivity contribution in [1.29, 1.82) is 0 Å². The second kappa shape index (κ2) is 6.18. The number of hydrogen-bond donors (Lipinski definition) is 1. The van der Waals surface area contributed by atoms with Crippen LogP contribution in [0.25, 0.3) is 0 Å². The predicted octanol–water partition coefficient (Wildman–Crippen LogP) is 4.28. The van der Waals surface area contributed by atoms with Crippen molar-refractivity contribution in [3.05, 3.63) is 70.0 Å². The van der Waals surface area contributed by atoms with Crippen LogP contribution < -0.4 is 5.73 Å². The number of aryl methyl sites for hydroxylation is 1. The van der Waals surface area contributed by atoms with Gasteiger partial charge in [0, 0.05) is 16.6 Å².